The summed E-state index contributed by atoms with van der Waals surface area (Å²) in [6.45, 7) is 4.81. The fourth-order valence-corrected chi connectivity index (χ4v) is 4.47. The zero-order valence-corrected chi connectivity index (χ0v) is 16.8. The van der Waals surface area contributed by atoms with Gasteiger partial charge in [-0.15, -0.1) is 0 Å². The number of amides is 1. The molecule has 1 amide bonds. The summed E-state index contributed by atoms with van der Waals surface area (Å²) in [6.07, 6.45) is 4.46. The monoisotopic (exact) mass is 393 g/mol. The number of nitrogens with zero attached hydrogens (tertiary/aromatic N) is 3. The van der Waals surface area contributed by atoms with Crippen molar-refractivity contribution in [3.05, 3.63) is 52.0 Å². The molecule has 6 heteroatoms. The first-order valence-corrected chi connectivity index (χ1v) is 9.98. The lowest BCUT2D eigenvalue weighted by Crippen LogP contribution is -2.47. The summed E-state index contributed by atoms with van der Waals surface area (Å²) in [4.78, 5) is 19.2. The van der Waals surface area contributed by atoms with E-state index in [1.54, 1.807) is 0 Å². The van der Waals surface area contributed by atoms with E-state index in [0.29, 0.717) is 16.7 Å². The van der Waals surface area contributed by atoms with Crippen LogP contribution in [-0.2, 0) is 11.2 Å². The van der Waals surface area contributed by atoms with E-state index in [-0.39, 0.29) is 18.0 Å². The highest BCUT2D eigenvalue weighted by Gasteiger charge is 2.33. The van der Waals surface area contributed by atoms with Gasteiger partial charge in [-0.25, -0.2) is 4.98 Å². The Morgan fingerprint density at radius 3 is 2.65 bits per heavy atom. The Kier molecular flexibility index (Phi) is 6.25. The molecule has 0 N–H and O–H groups in total. The zero-order chi connectivity index (χ0) is 18.7. The van der Waals surface area contributed by atoms with Crippen LogP contribution in [0.15, 0.2) is 30.3 Å². The van der Waals surface area contributed by atoms with Gasteiger partial charge in [0, 0.05) is 13.0 Å². The molecule has 0 bridgehead atoms. The van der Waals surface area contributed by atoms with Crippen molar-refractivity contribution in [2.75, 3.05) is 6.54 Å². The molecule has 1 aliphatic rings. The third-order valence-electron chi connectivity index (χ3n) is 5.29. The summed E-state index contributed by atoms with van der Waals surface area (Å²) in [5.41, 5.74) is 1.20. The van der Waals surface area contributed by atoms with Crippen molar-refractivity contribution in [2.45, 2.75) is 58.0 Å². The Bertz CT molecular complexity index is 760. The number of aryl methyl sites for hydroxylation is 2. The van der Waals surface area contributed by atoms with Crippen LogP contribution in [0, 0.1) is 6.92 Å². The van der Waals surface area contributed by atoms with Gasteiger partial charge in [-0.1, -0.05) is 53.5 Å². The van der Waals surface area contributed by atoms with Crippen molar-refractivity contribution >= 4 is 29.1 Å². The Hall–Kier alpha value is -1.52. The van der Waals surface area contributed by atoms with E-state index in [1.807, 2.05) is 34.6 Å². The number of hydrogen-bond donors (Lipinski definition) is 0. The van der Waals surface area contributed by atoms with Gasteiger partial charge >= 0.3 is 0 Å². The van der Waals surface area contributed by atoms with Gasteiger partial charge < -0.3 is 9.47 Å². The maximum Gasteiger partial charge on any atom is 0.223 e. The molecule has 2 aromatic rings. The van der Waals surface area contributed by atoms with Crippen molar-refractivity contribution in [3.8, 4) is 0 Å². The molecule has 0 aliphatic carbocycles. The molecular weight excluding hydrogens is 369 g/mol. The first kappa shape index (κ1) is 19.2. The maximum atomic E-state index is 12.9. The second-order valence-electron chi connectivity index (χ2n) is 6.99. The smallest absolute Gasteiger partial charge is 0.223 e. The molecule has 2 heterocycles. The number of piperidine rings is 1. The average molecular weight is 394 g/mol. The second kappa shape index (κ2) is 8.45. The number of benzene rings is 1. The topological polar surface area (TPSA) is 38.1 Å². The van der Waals surface area contributed by atoms with Gasteiger partial charge in [0.1, 0.15) is 11.0 Å². The summed E-state index contributed by atoms with van der Waals surface area (Å²) in [5.74, 6) is 1.00. The predicted octanol–water partition coefficient (Wildman–Crippen LogP) is 5.07. The van der Waals surface area contributed by atoms with E-state index in [0.717, 1.165) is 38.1 Å². The van der Waals surface area contributed by atoms with Crippen molar-refractivity contribution in [1.82, 2.24) is 14.5 Å². The first-order chi connectivity index (χ1) is 12.5. The van der Waals surface area contributed by atoms with Gasteiger partial charge in [-0.3, -0.25) is 4.79 Å². The molecule has 0 spiro atoms. The summed E-state index contributed by atoms with van der Waals surface area (Å²) >= 11 is 12.5. The minimum Gasteiger partial charge on any atom is -0.338 e. The average Bonchev–Trinajstić information content (AvgIpc) is 2.92. The first-order valence-electron chi connectivity index (χ1n) is 9.22. The summed E-state index contributed by atoms with van der Waals surface area (Å²) in [5, 5.41) is 0.785. The van der Waals surface area contributed by atoms with Crippen LogP contribution >= 0.6 is 23.2 Å². The molecule has 140 valence electrons. The van der Waals surface area contributed by atoms with Crippen molar-refractivity contribution in [3.63, 3.8) is 0 Å². The lowest BCUT2D eigenvalue weighted by atomic mass is 9.95. The quantitative estimate of drug-likeness (QED) is 0.710. The number of carbonyl (C=O) groups excluding carboxylic acids is 1. The van der Waals surface area contributed by atoms with Crippen molar-refractivity contribution in [2.24, 2.45) is 0 Å². The van der Waals surface area contributed by atoms with E-state index in [1.165, 1.54) is 5.56 Å². The van der Waals surface area contributed by atoms with E-state index < -0.39 is 0 Å². The van der Waals surface area contributed by atoms with Crippen molar-refractivity contribution in [1.29, 1.82) is 0 Å². The maximum absolute atomic E-state index is 12.9. The van der Waals surface area contributed by atoms with Crippen LogP contribution in [0.5, 0.6) is 0 Å². The van der Waals surface area contributed by atoms with Crippen LogP contribution in [0.4, 0.5) is 0 Å². The number of carbonyl (C=O) groups is 1. The molecule has 2 unspecified atom stereocenters. The Morgan fingerprint density at radius 1 is 1.27 bits per heavy atom. The molecule has 1 aliphatic heterocycles. The van der Waals surface area contributed by atoms with Crippen LogP contribution < -0.4 is 0 Å². The third-order valence-corrected chi connectivity index (χ3v) is 6.02. The van der Waals surface area contributed by atoms with Crippen molar-refractivity contribution < 1.29 is 4.79 Å². The Balaban J connectivity index is 1.73. The molecule has 2 atom stereocenters. The number of likely N-dealkylation sites (tertiary alicyclic amines) is 1. The van der Waals surface area contributed by atoms with Crippen LogP contribution in [0.25, 0.3) is 0 Å². The largest absolute Gasteiger partial charge is 0.338 e. The number of halogens is 2. The molecule has 0 radical (unpaired) electrons. The van der Waals surface area contributed by atoms with Gasteiger partial charge in [-0.05, 0) is 45.1 Å². The highest BCUT2D eigenvalue weighted by Crippen LogP contribution is 2.33. The minimum absolute atomic E-state index is 0.0449. The van der Waals surface area contributed by atoms with Gasteiger partial charge in [0.15, 0.2) is 5.15 Å². The zero-order valence-electron chi connectivity index (χ0n) is 15.3. The molecule has 1 fully saturated rings. The van der Waals surface area contributed by atoms with E-state index in [4.69, 9.17) is 23.2 Å². The molecular formula is C20H25Cl2N3O. The molecule has 3 rings (SSSR count). The molecule has 0 saturated carbocycles. The van der Waals surface area contributed by atoms with Gasteiger partial charge in [-0.2, -0.15) is 0 Å². The fraction of sp³-hybridized carbons (Fsp3) is 0.500. The van der Waals surface area contributed by atoms with Gasteiger partial charge in [0.05, 0.1) is 12.1 Å². The lowest BCUT2D eigenvalue weighted by molar-refractivity contribution is -0.135. The molecule has 26 heavy (non-hydrogen) atoms. The Morgan fingerprint density at radius 2 is 2.00 bits per heavy atom. The standard InChI is InChI=1S/C20H25Cl2N3O/c1-14(25-15(2)23-19(21)20(25)22)17-10-6-7-13-24(17)18(26)12-11-16-8-4-3-5-9-16/h3-5,8-9,14,17H,6-7,10-13H2,1-2H3. The van der Waals surface area contributed by atoms with Crippen LogP contribution in [0.1, 0.15) is 50.0 Å². The third kappa shape index (κ3) is 4.07. The summed E-state index contributed by atoms with van der Waals surface area (Å²) < 4.78 is 1.96. The fourth-order valence-electron chi connectivity index (χ4n) is 3.94. The Labute approximate surface area is 165 Å². The predicted molar refractivity (Wildman–Crippen MR) is 106 cm³/mol. The van der Waals surface area contributed by atoms with E-state index in [2.05, 4.69) is 24.0 Å². The molecule has 1 aromatic heterocycles. The molecule has 1 saturated heterocycles. The van der Waals surface area contributed by atoms with Crippen LogP contribution in [0.3, 0.4) is 0 Å². The molecule has 4 nitrogen and oxygen atoms in total. The highest BCUT2D eigenvalue weighted by molar-refractivity contribution is 6.40. The normalized spacial score (nSPS) is 18.8. The van der Waals surface area contributed by atoms with Gasteiger partial charge in [0.2, 0.25) is 5.91 Å². The number of rotatable bonds is 5. The summed E-state index contributed by atoms with van der Waals surface area (Å²) in [6, 6.07) is 10.3. The minimum atomic E-state index is 0.0449. The SMILES string of the molecule is Cc1nc(Cl)c(Cl)n1C(C)C1CCCCN1C(=O)CCc1ccccc1. The second-order valence-corrected chi connectivity index (χ2v) is 7.70. The summed E-state index contributed by atoms with van der Waals surface area (Å²) in [7, 11) is 0. The number of imidazole rings is 1. The highest BCUT2D eigenvalue weighted by atomic mass is 35.5. The number of aromatic nitrogens is 2. The van der Waals surface area contributed by atoms with E-state index >= 15 is 0 Å². The van der Waals surface area contributed by atoms with Gasteiger partial charge in [0.25, 0.3) is 0 Å². The lowest BCUT2D eigenvalue weighted by Gasteiger charge is -2.40. The molecule has 1 aromatic carbocycles. The van der Waals surface area contributed by atoms with E-state index in [9.17, 15) is 4.79 Å². The number of hydrogen-bond acceptors (Lipinski definition) is 2. The van der Waals surface area contributed by atoms with Crippen LogP contribution in [0.2, 0.25) is 10.3 Å². The van der Waals surface area contributed by atoms with Crippen LogP contribution in [-0.4, -0.2) is 32.9 Å².